The van der Waals surface area contributed by atoms with Crippen molar-refractivity contribution in [1.29, 1.82) is 0 Å². The minimum absolute atomic E-state index is 0.0436. The van der Waals surface area contributed by atoms with E-state index >= 15 is 0 Å². The smallest absolute Gasteiger partial charge is 0.335 e. The van der Waals surface area contributed by atoms with Crippen molar-refractivity contribution in [2.45, 2.75) is 25.6 Å². The zero-order valence-corrected chi connectivity index (χ0v) is 14.7. The van der Waals surface area contributed by atoms with Crippen LogP contribution in [0.5, 0.6) is 0 Å². The van der Waals surface area contributed by atoms with Crippen molar-refractivity contribution < 1.29 is 22.8 Å². The highest BCUT2D eigenvalue weighted by molar-refractivity contribution is 5.97. The van der Waals surface area contributed by atoms with Crippen LogP contribution in [0.25, 0.3) is 0 Å². The summed E-state index contributed by atoms with van der Waals surface area (Å²) in [6.07, 6.45) is -4.44. The largest absolute Gasteiger partial charge is 0.416 e. The Kier molecular flexibility index (Phi) is 5.21. The lowest BCUT2D eigenvalue weighted by Gasteiger charge is -2.25. The number of carbonyl (C=O) groups excluding carboxylic acids is 2. The number of likely N-dealkylation sites (tertiary alicyclic amines) is 1. The first-order chi connectivity index (χ1) is 12.8. The Morgan fingerprint density at radius 1 is 1.15 bits per heavy atom. The van der Waals surface area contributed by atoms with Gasteiger partial charge in [0.05, 0.1) is 17.5 Å². The molecule has 0 spiro atoms. The molecule has 3 rings (SSSR count). The Balaban J connectivity index is 1.68. The molecule has 2 unspecified atom stereocenters. The van der Waals surface area contributed by atoms with E-state index in [1.54, 1.807) is 4.90 Å². The van der Waals surface area contributed by atoms with E-state index in [9.17, 15) is 22.8 Å². The van der Waals surface area contributed by atoms with E-state index in [1.165, 1.54) is 12.1 Å². The molecule has 2 atom stereocenters. The Labute approximate surface area is 155 Å². The van der Waals surface area contributed by atoms with Crippen LogP contribution in [0.3, 0.4) is 0 Å². The molecule has 27 heavy (non-hydrogen) atoms. The first-order valence-electron chi connectivity index (χ1n) is 8.58. The summed E-state index contributed by atoms with van der Waals surface area (Å²) in [5, 5.41) is 2.50. The molecule has 2 amide bonds. The third kappa shape index (κ3) is 4.30. The summed E-state index contributed by atoms with van der Waals surface area (Å²) in [6.45, 7) is 2.13. The molecule has 1 aliphatic rings. The van der Waals surface area contributed by atoms with E-state index in [2.05, 4.69) is 5.32 Å². The van der Waals surface area contributed by atoms with E-state index < -0.39 is 23.6 Å². The van der Waals surface area contributed by atoms with E-state index in [1.807, 2.05) is 37.3 Å². The molecule has 4 nitrogen and oxygen atoms in total. The van der Waals surface area contributed by atoms with Gasteiger partial charge in [-0.05, 0) is 30.7 Å². The van der Waals surface area contributed by atoms with Gasteiger partial charge in [-0.3, -0.25) is 9.59 Å². The van der Waals surface area contributed by atoms with Crippen LogP contribution in [0.2, 0.25) is 0 Å². The van der Waals surface area contributed by atoms with Gasteiger partial charge in [-0.15, -0.1) is 0 Å². The van der Waals surface area contributed by atoms with Crippen molar-refractivity contribution in [3.05, 3.63) is 65.7 Å². The van der Waals surface area contributed by atoms with Crippen LogP contribution in [0.15, 0.2) is 54.6 Å². The van der Waals surface area contributed by atoms with Crippen LogP contribution in [0.1, 0.15) is 30.5 Å². The number of rotatable bonds is 4. The van der Waals surface area contributed by atoms with Gasteiger partial charge in [0.1, 0.15) is 0 Å². The quantitative estimate of drug-likeness (QED) is 0.867. The van der Waals surface area contributed by atoms with E-state index in [0.29, 0.717) is 0 Å². The average molecular weight is 376 g/mol. The summed E-state index contributed by atoms with van der Waals surface area (Å²) in [5.74, 6) is -1.20. The number of carbonyl (C=O) groups is 2. The highest BCUT2D eigenvalue weighted by atomic mass is 19.4. The van der Waals surface area contributed by atoms with Crippen molar-refractivity contribution in [2.75, 3.05) is 11.9 Å². The highest BCUT2D eigenvalue weighted by Crippen LogP contribution is 2.32. The molecule has 1 saturated heterocycles. The number of benzene rings is 2. The SMILES string of the molecule is CC(c1ccccc1)N1CC(C(=O)Nc2cccc(C(F)(F)F)c2)CC1=O. The molecule has 1 aliphatic heterocycles. The van der Waals surface area contributed by atoms with Gasteiger partial charge in [0.2, 0.25) is 11.8 Å². The standard InChI is InChI=1S/C20H19F3N2O2/c1-13(14-6-3-2-4-7-14)25-12-15(10-18(25)26)19(27)24-17-9-5-8-16(11-17)20(21,22)23/h2-9,11,13,15H,10,12H2,1H3,(H,24,27). The lowest BCUT2D eigenvalue weighted by atomic mass is 10.1. The van der Waals surface area contributed by atoms with Gasteiger partial charge >= 0.3 is 6.18 Å². The van der Waals surface area contributed by atoms with Gasteiger partial charge in [-0.1, -0.05) is 36.4 Å². The van der Waals surface area contributed by atoms with E-state index in [4.69, 9.17) is 0 Å². The topological polar surface area (TPSA) is 49.4 Å². The number of halogens is 3. The monoisotopic (exact) mass is 376 g/mol. The van der Waals surface area contributed by atoms with E-state index in [0.717, 1.165) is 17.7 Å². The molecule has 142 valence electrons. The highest BCUT2D eigenvalue weighted by Gasteiger charge is 2.37. The van der Waals surface area contributed by atoms with Crippen molar-refractivity contribution in [3.8, 4) is 0 Å². The van der Waals surface area contributed by atoms with Crippen molar-refractivity contribution in [2.24, 2.45) is 5.92 Å². The van der Waals surface area contributed by atoms with Crippen molar-refractivity contribution >= 4 is 17.5 Å². The van der Waals surface area contributed by atoms with Gasteiger partial charge in [0, 0.05) is 18.7 Å². The van der Waals surface area contributed by atoms with Crippen molar-refractivity contribution in [3.63, 3.8) is 0 Å². The molecule has 1 fully saturated rings. The Morgan fingerprint density at radius 3 is 2.52 bits per heavy atom. The Bertz CT molecular complexity index is 837. The molecule has 0 saturated carbocycles. The number of hydrogen-bond acceptors (Lipinski definition) is 2. The second-order valence-corrected chi connectivity index (χ2v) is 6.60. The lowest BCUT2D eigenvalue weighted by Crippen LogP contribution is -2.30. The van der Waals surface area contributed by atoms with Crippen LogP contribution < -0.4 is 5.32 Å². The second kappa shape index (κ2) is 7.42. The molecule has 1 N–H and O–H groups in total. The molecule has 0 aromatic heterocycles. The van der Waals surface area contributed by atoms with Crippen molar-refractivity contribution in [1.82, 2.24) is 4.90 Å². The van der Waals surface area contributed by atoms with Gasteiger partial charge in [-0.25, -0.2) is 0 Å². The first-order valence-corrected chi connectivity index (χ1v) is 8.58. The fourth-order valence-corrected chi connectivity index (χ4v) is 3.21. The molecule has 2 aromatic carbocycles. The zero-order chi connectivity index (χ0) is 19.6. The molecular weight excluding hydrogens is 357 g/mol. The van der Waals surface area contributed by atoms with Gasteiger partial charge in [0.15, 0.2) is 0 Å². The minimum atomic E-state index is -4.48. The summed E-state index contributed by atoms with van der Waals surface area (Å²) in [4.78, 5) is 26.4. The third-order valence-electron chi connectivity index (χ3n) is 4.74. The molecular formula is C20H19F3N2O2. The first kappa shape index (κ1) is 18.9. The summed E-state index contributed by atoms with van der Waals surface area (Å²) in [7, 11) is 0. The predicted molar refractivity (Wildman–Crippen MR) is 94.8 cm³/mol. The summed E-state index contributed by atoms with van der Waals surface area (Å²) >= 11 is 0. The van der Waals surface area contributed by atoms with E-state index in [-0.39, 0.29) is 30.6 Å². The fraction of sp³-hybridized carbons (Fsp3) is 0.300. The maximum Gasteiger partial charge on any atom is 0.416 e. The maximum atomic E-state index is 12.8. The molecule has 2 aromatic rings. The molecule has 1 heterocycles. The van der Waals surface area contributed by atoms with Gasteiger partial charge < -0.3 is 10.2 Å². The van der Waals surface area contributed by atoms with Crippen LogP contribution in [-0.4, -0.2) is 23.3 Å². The zero-order valence-electron chi connectivity index (χ0n) is 14.7. The normalized spacial score (nSPS) is 18.4. The fourth-order valence-electron chi connectivity index (χ4n) is 3.21. The van der Waals surface area contributed by atoms with Gasteiger partial charge in [0.25, 0.3) is 0 Å². The molecule has 7 heteroatoms. The van der Waals surface area contributed by atoms with Crippen LogP contribution >= 0.6 is 0 Å². The Hall–Kier alpha value is -2.83. The minimum Gasteiger partial charge on any atom is -0.335 e. The predicted octanol–water partition coefficient (Wildman–Crippen LogP) is 4.25. The maximum absolute atomic E-state index is 12.8. The van der Waals surface area contributed by atoms with Gasteiger partial charge in [-0.2, -0.15) is 13.2 Å². The van der Waals surface area contributed by atoms with Crippen LogP contribution in [-0.2, 0) is 15.8 Å². The third-order valence-corrected chi connectivity index (χ3v) is 4.74. The number of nitrogens with one attached hydrogen (secondary N) is 1. The summed E-state index contributed by atoms with van der Waals surface area (Å²) in [5.41, 5.74) is 0.198. The second-order valence-electron chi connectivity index (χ2n) is 6.60. The van der Waals surface area contributed by atoms with Crippen LogP contribution in [0.4, 0.5) is 18.9 Å². The summed E-state index contributed by atoms with van der Waals surface area (Å²) in [6, 6.07) is 13.8. The molecule has 0 aliphatic carbocycles. The molecule has 0 radical (unpaired) electrons. The Morgan fingerprint density at radius 2 is 1.85 bits per heavy atom. The number of amides is 2. The number of alkyl halides is 3. The average Bonchev–Trinajstić information content (AvgIpc) is 3.03. The number of anilines is 1. The lowest BCUT2D eigenvalue weighted by molar-refractivity contribution is -0.137. The summed E-state index contributed by atoms with van der Waals surface area (Å²) < 4.78 is 38.4. The van der Waals surface area contributed by atoms with Crippen LogP contribution in [0, 0.1) is 5.92 Å². The molecule has 0 bridgehead atoms. The number of hydrogen-bond donors (Lipinski definition) is 1. The number of nitrogens with zero attached hydrogens (tertiary/aromatic N) is 1.